The number of halogens is 1. The van der Waals surface area contributed by atoms with Crippen molar-refractivity contribution in [3.8, 4) is 0 Å². The lowest BCUT2D eigenvalue weighted by atomic mass is 9.95. The second-order valence-corrected chi connectivity index (χ2v) is 11.3. The predicted molar refractivity (Wildman–Crippen MR) is 164 cm³/mol. The fourth-order valence-electron chi connectivity index (χ4n) is 4.39. The molecule has 0 fully saturated rings. The monoisotopic (exact) mass is 575 g/mol. The smallest absolute Gasteiger partial charge is 0.123 e. The van der Waals surface area contributed by atoms with Gasteiger partial charge < -0.3 is 37.1 Å². The largest absolute Gasteiger partial charge is 0.397 e. The van der Waals surface area contributed by atoms with Crippen LogP contribution in [0, 0.1) is 18.7 Å². The molecule has 0 aliphatic heterocycles. The summed E-state index contributed by atoms with van der Waals surface area (Å²) in [6.45, 7) is 7.76. The van der Waals surface area contributed by atoms with Crippen LogP contribution in [0.2, 0.25) is 0 Å². The number of nitrogens with two attached hydrogens (primary N) is 3. The van der Waals surface area contributed by atoms with Crippen molar-refractivity contribution >= 4 is 23.2 Å². The first kappa shape index (κ1) is 33.4. The third-order valence-electron chi connectivity index (χ3n) is 7.09. The topological polar surface area (TPSA) is 154 Å². The lowest BCUT2D eigenvalue weighted by Crippen LogP contribution is -2.50. The fourth-order valence-corrected chi connectivity index (χ4v) is 5.62. The Labute approximate surface area is 242 Å². The molecule has 2 aromatic carbocycles. The number of aliphatic hydroxyl groups excluding tert-OH is 3. The summed E-state index contributed by atoms with van der Waals surface area (Å²) in [5.74, 6) is 6.50. The highest BCUT2D eigenvalue weighted by Crippen LogP contribution is 2.21. The van der Waals surface area contributed by atoms with Gasteiger partial charge in [-0.25, -0.2) is 10.2 Å². The Morgan fingerprint density at radius 1 is 0.975 bits per heavy atom. The van der Waals surface area contributed by atoms with Crippen LogP contribution in [0.25, 0.3) is 11.4 Å². The Hall–Kier alpha value is -2.76. The van der Waals surface area contributed by atoms with Gasteiger partial charge in [-0.05, 0) is 43.5 Å². The minimum Gasteiger partial charge on any atom is -0.397 e. The van der Waals surface area contributed by atoms with E-state index in [4.69, 9.17) is 17.3 Å². The molecule has 40 heavy (non-hydrogen) atoms. The summed E-state index contributed by atoms with van der Waals surface area (Å²) in [7, 11) is 0. The molecule has 0 heterocycles. The Bertz CT molecular complexity index is 1120. The van der Waals surface area contributed by atoms with Gasteiger partial charge in [-0.1, -0.05) is 56.7 Å². The summed E-state index contributed by atoms with van der Waals surface area (Å²) in [5.41, 5.74) is 15.7. The molecule has 2 rings (SSSR count). The lowest BCUT2D eigenvalue weighted by Gasteiger charge is -2.33. The van der Waals surface area contributed by atoms with Gasteiger partial charge in [0, 0.05) is 41.4 Å². The number of aliphatic hydroxyl groups is 3. The van der Waals surface area contributed by atoms with Crippen molar-refractivity contribution in [3.05, 3.63) is 83.4 Å². The SMILES string of the molecule is CCC(O)C(C)C(CSCC(O)C(O)C(CC)N(N)/C=C(\N)c1cccc(F)c1)N/C=C(\N)c1cccc(C)c1. The number of hydrogen-bond donors (Lipinski definition) is 7. The van der Waals surface area contributed by atoms with Gasteiger partial charge >= 0.3 is 0 Å². The average molecular weight is 576 g/mol. The van der Waals surface area contributed by atoms with Crippen LogP contribution in [0.1, 0.15) is 50.3 Å². The average Bonchev–Trinajstić information content (AvgIpc) is 2.93. The van der Waals surface area contributed by atoms with E-state index in [0.29, 0.717) is 29.9 Å². The number of nitrogens with one attached hydrogen (secondary N) is 1. The minimum absolute atomic E-state index is 0.0833. The number of nitrogens with zero attached hydrogens (tertiary/aromatic N) is 1. The van der Waals surface area contributed by atoms with Crippen LogP contribution >= 0.6 is 11.8 Å². The molecular weight excluding hydrogens is 529 g/mol. The molecule has 0 radical (unpaired) electrons. The van der Waals surface area contributed by atoms with Crippen LogP contribution in [-0.4, -0.2) is 62.2 Å². The zero-order chi connectivity index (χ0) is 29.8. The summed E-state index contributed by atoms with van der Waals surface area (Å²) in [4.78, 5) is 0. The van der Waals surface area contributed by atoms with Crippen molar-refractivity contribution in [2.75, 3.05) is 11.5 Å². The first-order valence-corrected chi connectivity index (χ1v) is 14.8. The van der Waals surface area contributed by atoms with E-state index in [9.17, 15) is 19.7 Å². The van der Waals surface area contributed by atoms with Crippen molar-refractivity contribution in [1.82, 2.24) is 10.3 Å². The van der Waals surface area contributed by atoms with Gasteiger partial charge in [-0.15, -0.1) is 0 Å². The van der Waals surface area contributed by atoms with E-state index >= 15 is 0 Å². The number of thioether (sulfide) groups is 1. The van der Waals surface area contributed by atoms with Crippen LogP contribution in [0.3, 0.4) is 0 Å². The van der Waals surface area contributed by atoms with Gasteiger partial charge in [-0.2, -0.15) is 11.8 Å². The highest BCUT2D eigenvalue weighted by molar-refractivity contribution is 7.99. The second kappa shape index (κ2) is 16.5. The predicted octanol–water partition coefficient (Wildman–Crippen LogP) is 3.12. The molecule has 0 bridgehead atoms. The van der Waals surface area contributed by atoms with Crippen molar-refractivity contribution in [2.24, 2.45) is 23.2 Å². The van der Waals surface area contributed by atoms with Crippen LogP contribution < -0.4 is 22.6 Å². The molecule has 0 saturated carbocycles. The molecule has 0 spiro atoms. The normalized spacial score (nSPS) is 17.0. The lowest BCUT2D eigenvalue weighted by molar-refractivity contribution is -0.0183. The standard InChI is InChI=1S/C30H46FN5O3S/c1-5-27(36(34)16-25(33)22-11-8-12-23(31)14-22)30(39)29(38)18-40-17-26(20(4)28(37)6-2)35-15-24(32)21-10-7-9-19(3)13-21/h7-16,20,26-30,35,37-39H,5-6,17-18,32-34H2,1-4H3/b24-15-,25-16-. The van der Waals surface area contributed by atoms with E-state index in [1.807, 2.05) is 52.0 Å². The van der Waals surface area contributed by atoms with Gasteiger partial charge in [0.1, 0.15) is 11.9 Å². The van der Waals surface area contributed by atoms with E-state index in [0.717, 1.165) is 11.1 Å². The molecule has 6 atom stereocenters. The quantitative estimate of drug-likeness (QED) is 0.118. The second-order valence-electron chi connectivity index (χ2n) is 10.2. The maximum Gasteiger partial charge on any atom is 0.123 e. The van der Waals surface area contributed by atoms with Crippen LogP contribution in [0.15, 0.2) is 60.9 Å². The van der Waals surface area contributed by atoms with Gasteiger partial charge in [0.2, 0.25) is 0 Å². The molecule has 222 valence electrons. The minimum atomic E-state index is -1.15. The molecule has 10 N–H and O–H groups in total. The first-order chi connectivity index (χ1) is 19.0. The molecule has 0 aliphatic carbocycles. The molecular formula is C30H46FN5O3S. The Morgan fingerprint density at radius 2 is 1.62 bits per heavy atom. The first-order valence-electron chi connectivity index (χ1n) is 13.6. The van der Waals surface area contributed by atoms with E-state index in [-0.39, 0.29) is 23.4 Å². The summed E-state index contributed by atoms with van der Waals surface area (Å²) >= 11 is 1.46. The number of rotatable bonds is 16. The number of hydrogen-bond acceptors (Lipinski definition) is 9. The summed E-state index contributed by atoms with van der Waals surface area (Å²) < 4.78 is 13.6. The molecule has 8 nitrogen and oxygen atoms in total. The highest BCUT2D eigenvalue weighted by Gasteiger charge is 2.29. The molecule has 0 amide bonds. The molecule has 0 aromatic heterocycles. The summed E-state index contributed by atoms with van der Waals surface area (Å²) in [5, 5.41) is 36.8. The zero-order valence-corrected chi connectivity index (χ0v) is 24.7. The highest BCUT2D eigenvalue weighted by atomic mass is 32.2. The van der Waals surface area contributed by atoms with Gasteiger partial charge in [0.15, 0.2) is 0 Å². The van der Waals surface area contributed by atoms with Crippen molar-refractivity contribution in [3.63, 3.8) is 0 Å². The van der Waals surface area contributed by atoms with Crippen molar-refractivity contribution < 1.29 is 19.7 Å². The maximum absolute atomic E-state index is 13.6. The molecule has 2 aromatic rings. The van der Waals surface area contributed by atoms with Crippen LogP contribution in [-0.2, 0) is 0 Å². The molecule has 0 saturated heterocycles. The van der Waals surface area contributed by atoms with Gasteiger partial charge in [-0.3, -0.25) is 0 Å². The fraction of sp³-hybridized carbons (Fsp3) is 0.467. The van der Waals surface area contributed by atoms with Gasteiger partial charge in [0.05, 0.1) is 29.6 Å². The van der Waals surface area contributed by atoms with E-state index < -0.39 is 30.2 Å². The third-order valence-corrected chi connectivity index (χ3v) is 8.26. The molecule has 10 heteroatoms. The molecule has 6 unspecified atom stereocenters. The van der Waals surface area contributed by atoms with Gasteiger partial charge in [0.25, 0.3) is 0 Å². The number of aryl methyl sites for hydroxylation is 1. The maximum atomic E-state index is 13.6. The van der Waals surface area contributed by atoms with Crippen molar-refractivity contribution in [2.45, 2.75) is 70.9 Å². The summed E-state index contributed by atoms with van der Waals surface area (Å²) in [6, 6.07) is 13.0. The zero-order valence-electron chi connectivity index (χ0n) is 23.9. The molecule has 0 aliphatic rings. The van der Waals surface area contributed by atoms with Crippen LogP contribution in [0.4, 0.5) is 4.39 Å². The Balaban J connectivity index is 2.03. The van der Waals surface area contributed by atoms with E-state index in [2.05, 4.69) is 5.32 Å². The number of benzene rings is 2. The van der Waals surface area contributed by atoms with Crippen LogP contribution in [0.5, 0.6) is 0 Å². The van der Waals surface area contributed by atoms with E-state index in [1.54, 1.807) is 18.3 Å². The number of hydrazine groups is 1. The Kier molecular flexibility index (Phi) is 13.8. The van der Waals surface area contributed by atoms with Crippen molar-refractivity contribution in [1.29, 1.82) is 0 Å². The summed E-state index contributed by atoms with van der Waals surface area (Å²) in [6.07, 6.45) is 1.53. The third kappa shape index (κ3) is 10.0. The van der Waals surface area contributed by atoms with E-state index in [1.165, 1.54) is 35.1 Å². The Morgan fingerprint density at radius 3 is 2.23 bits per heavy atom.